The summed E-state index contributed by atoms with van der Waals surface area (Å²) in [5, 5.41) is 2.87. The maximum atomic E-state index is 12.3. The highest BCUT2D eigenvalue weighted by Gasteiger charge is 2.32. The molecule has 0 aliphatic carbocycles. The highest BCUT2D eigenvalue weighted by Crippen LogP contribution is 2.55. The van der Waals surface area contributed by atoms with Gasteiger partial charge in [0.15, 0.2) is 4.58 Å². The van der Waals surface area contributed by atoms with E-state index >= 15 is 0 Å². The molecule has 0 saturated carbocycles. The zero-order valence-corrected chi connectivity index (χ0v) is 10.9. The summed E-state index contributed by atoms with van der Waals surface area (Å²) in [6.07, 6.45) is 0. The fourth-order valence-corrected chi connectivity index (χ4v) is 3.53. The molecule has 0 saturated heterocycles. The van der Waals surface area contributed by atoms with Gasteiger partial charge >= 0.3 is 0 Å². The quantitative estimate of drug-likeness (QED) is 0.668. The second-order valence-corrected chi connectivity index (χ2v) is 7.72. The maximum Gasteiger partial charge on any atom is 0.268 e. The van der Waals surface area contributed by atoms with E-state index in [-0.39, 0.29) is 0 Å². The fourth-order valence-electron chi connectivity index (χ4n) is 1.02. The lowest BCUT2D eigenvalue weighted by Crippen LogP contribution is -2.18. The maximum absolute atomic E-state index is 12.3. The number of alkyl halides is 2. The van der Waals surface area contributed by atoms with Crippen molar-refractivity contribution in [1.29, 1.82) is 0 Å². The van der Waals surface area contributed by atoms with E-state index in [2.05, 4.69) is 5.09 Å². The molecule has 0 aliphatic rings. The van der Waals surface area contributed by atoms with Crippen molar-refractivity contribution in [2.45, 2.75) is 4.58 Å². The van der Waals surface area contributed by atoms with Gasteiger partial charge in [-0.05, 0) is 26.2 Å². The van der Waals surface area contributed by atoms with Crippen molar-refractivity contribution in [3.8, 4) is 0 Å². The number of para-hydroxylation sites is 1. The van der Waals surface area contributed by atoms with Crippen LogP contribution in [0.5, 0.6) is 0 Å². The van der Waals surface area contributed by atoms with Gasteiger partial charge in [0.25, 0.3) is 7.44 Å². The molecular weight excluding hydrogens is 254 g/mol. The van der Waals surface area contributed by atoms with E-state index in [1.807, 2.05) is 30.3 Å². The summed E-state index contributed by atoms with van der Waals surface area (Å²) in [5.74, 6) is 0. The molecule has 0 aromatic heterocycles. The number of halogens is 2. The summed E-state index contributed by atoms with van der Waals surface area (Å²) in [6.45, 7) is 0. The number of anilines is 1. The Morgan fingerprint density at radius 3 is 2.20 bits per heavy atom. The molecule has 3 nitrogen and oxygen atoms in total. The van der Waals surface area contributed by atoms with Crippen molar-refractivity contribution in [2.75, 3.05) is 19.2 Å². The van der Waals surface area contributed by atoms with Crippen LogP contribution in [0.25, 0.3) is 0 Å². The van der Waals surface area contributed by atoms with Crippen molar-refractivity contribution >= 4 is 36.3 Å². The third-order valence-electron chi connectivity index (χ3n) is 1.92. The molecule has 1 aromatic rings. The van der Waals surface area contributed by atoms with E-state index < -0.39 is 12.0 Å². The van der Waals surface area contributed by atoms with Crippen molar-refractivity contribution in [1.82, 2.24) is 4.67 Å². The van der Waals surface area contributed by atoms with E-state index in [4.69, 9.17) is 23.2 Å². The smallest absolute Gasteiger partial charge is 0.268 e. The van der Waals surface area contributed by atoms with E-state index in [1.165, 1.54) is 4.67 Å². The van der Waals surface area contributed by atoms with E-state index in [0.29, 0.717) is 0 Å². The Bertz CT molecular complexity index is 344. The molecule has 0 fully saturated rings. The van der Waals surface area contributed by atoms with Gasteiger partial charge < -0.3 is 5.09 Å². The molecule has 1 atom stereocenters. The Balaban J connectivity index is 2.91. The molecule has 1 rings (SSSR count). The molecule has 6 heteroatoms. The summed E-state index contributed by atoms with van der Waals surface area (Å²) >= 11 is 11.5. The number of nitrogens with one attached hydrogen (secondary N) is 1. The van der Waals surface area contributed by atoms with Gasteiger partial charge in [-0.3, -0.25) is 4.57 Å². The van der Waals surface area contributed by atoms with Crippen LogP contribution in [0, 0.1) is 0 Å². The van der Waals surface area contributed by atoms with Gasteiger partial charge in [0.2, 0.25) is 0 Å². The Kier molecular flexibility index (Phi) is 4.47. The van der Waals surface area contributed by atoms with Gasteiger partial charge in [-0.15, -0.1) is 0 Å². The minimum absolute atomic E-state index is 0.737. The van der Waals surface area contributed by atoms with E-state index in [0.717, 1.165) is 5.69 Å². The van der Waals surface area contributed by atoms with Crippen LogP contribution in [0.4, 0.5) is 5.69 Å². The second-order valence-electron chi connectivity index (χ2n) is 3.23. The predicted octanol–water partition coefficient (Wildman–Crippen LogP) is 3.61. The van der Waals surface area contributed by atoms with Crippen LogP contribution in [0.2, 0.25) is 0 Å². The molecule has 1 aromatic carbocycles. The highest BCUT2D eigenvalue weighted by molar-refractivity contribution is 7.67. The lowest BCUT2D eigenvalue weighted by Gasteiger charge is -2.27. The van der Waals surface area contributed by atoms with Gasteiger partial charge in [-0.1, -0.05) is 41.4 Å². The average molecular weight is 267 g/mol. The Labute approximate surface area is 99.8 Å². The molecule has 0 unspecified atom stereocenters. The lowest BCUT2D eigenvalue weighted by molar-refractivity contribution is 0.521. The molecule has 0 spiro atoms. The predicted molar refractivity (Wildman–Crippen MR) is 66.9 cm³/mol. The zero-order chi connectivity index (χ0) is 11.5. The Morgan fingerprint density at radius 2 is 1.80 bits per heavy atom. The Morgan fingerprint density at radius 1 is 1.27 bits per heavy atom. The van der Waals surface area contributed by atoms with Crippen molar-refractivity contribution in [2.24, 2.45) is 0 Å². The standard InChI is InChI=1S/C9H13Cl2N2OP/c1-13(2)15(14,9(10)11)12-8-6-4-3-5-7-8/h3-7,9H,1-2H3,(H,12,14)/t15-/m1/s1. The molecule has 15 heavy (non-hydrogen) atoms. The molecule has 0 aliphatic heterocycles. The summed E-state index contributed by atoms with van der Waals surface area (Å²) in [5.41, 5.74) is 0.737. The second kappa shape index (κ2) is 5.22. The summed E-state index contributed by atoms with van der Waals surface area (Å²) < 4.78 is 12.9. The van der Waals surface area contributed by atoms with E-state index in [9.17, 15) is 4.57 Å². The number of nitrogens with zero attached hydrogens (tertiary/aromatic N) is 1. The molecule has 0 radical (unpaired) electrons. The lowest BCUT2D eigenvalue weighted by atomic mass is 10.3. The van der Waals surface area contributed by atoms with Gasteiger partial charge in [0.05, 0.1) is 0 Å². The number of benzene rings is 1. The number of hydrogen-bond donors (Lipinski definition) is 1. The molecule has 1 N–H and O–H groups in total. The third kappa shape index (κ3) is 3.12. The molecule has 0 heterocycles. The largest absolute Gasteiger partial charge is 0.323 e. The zero-order valence-electron chi connectivity index (χ0n) is 8.52. The van der Waals surface area contributed by atoms with Gasteiger partial charge in [-0.2, -0.15) is 0 Å². The van der Waals surface area contributed by atoms with Crippen LogP contribution in [0.3, 0.4) is 0 Å². The monoisotopic (exact) mass is 266 g/mol. The minimum Gasteiger partial charge on any atom is -0.323 e. The molecule has 84 valence electrons. The molecule has 0 bridgehead atoms. The summed E-state index contributed by atoms with van der Waals surface area (Å²) in [4.78, 5) is 0. The molecular formula is C9H13Cl2N2OP. The van der Waals surface area contributed by atoms with Crippen molar-refractivity contribution in [3.63, 3.8) is 0 Å². The first-order chi connectivity index (χ1) is 6.97. The first-order valence-electron chi connectivity index (χ1n) is 4.36. The Hall–Kier alpha value is -0.210. The first-order valence-corrected chi connectivity index (χ1v) is 6.96. The summed E-state index contributed by atoms with van der Waals surface area (Å²) in [7, 11) is 0.379. The average Bonchev–Trinajstić information content (AvgIpc) is 2.18. The van der Waals surface area contributed by atoms with Gasteiger partial charge in [0.1, 0.15) is 0 Å². The van der Waals surface area contributed by atoms with Crippen LogP contribution >= 0.6 is 30.6 Å². The van der Waals surface area contributed by atoms with Crippen LogP contribution in [-0.2, 0) is 4.57 Å². The minimum atomic E-state index is -2.97. The van der Waals surface area contributed by atoms with Crippen molar-refractivity contribution < 1.29 is 4.57 Å². The highest BCUT2D eigenvalue weighted by atomic mass is 35.5. The topological polar surface area (TPSA) is 32.3 Å². The van der Waals surface area contributed by atoms with Gasteiger partial charge in [0, 0.05) is 5.69 Å². The normalized spacial score (nSPS) is 15.3. The van der Waals surface area contributed by atoms with Crippen molar-refractivity contribution in [3.05, 3.63) is 30.3 Å². The fraction of sp³-hybridized carbons (Fsp3) is 0.333. The van der Waals surface area contributed by atoms with E-state index in [1.54, 1.807) is 14.1 Å². The van der Waals surface area contributed by atoms with Crippen LogP contribution in [0.1, 0.15) is 0 Å². The van der Waals surface area contributed by atoms with Crippen LogP contribution < -0.4 is 5.09 Å². The first kappa shape index (κ1) is 12.9. The third-order valence-corrected chi connectivity index (χ3v) is 5.81. The SMILES string of the molecule is CN(C)[P@](=O)(Nc1ccccc1)C(Cl)Cl. The number of hydrogen-bond acceptors (Lipinski definition) is 1. The summed E-state index contributed by atoms with van der Waals surface area (Å²) in [6, 6.07) is 9.20. The number of rotatable bonds is 4. The molecule has 0 amide bonds. The van der Waals surface area contributed by atoms with Crippen LogP contribution in [0.15, 0.2) is 30.3 Å². The van der Waals surface area contributed by atoms with Gasteiger partial charge in [-0.25, -0.2) is 4.67 Å². The van der Waals surface area contributed by atoms with Crippen LogP contribution in [-0.4, -0.2) is 23.3 Å².